The fourth-order valence-electron chi connectivity index (χ4n) is 1.83. The monoisotopic (exact) mass is 314 g/mol. The van der Waals surface area contributed by atoms with E-state index in [1.165, 1.54) is 11.3 Å². The molecule has 2 aromatic rings. The van der Waals surface area contributed by atoms with Crippen LogP contribution in [-0.4, -0.2) is 18.0 Å². The number of aromatic nitrogens is 2. The molecule has 0 atom stereocenters. The number of aryl methyl sites for hydroxylation is 3. The summed E-state index contributed by atoms with van der Waals surface area (Å²) in [6.07, 6.45) is 1.60. The average Bonchev–Trinajstić information content (AvgIpc) is 2.93. The molecular formula is C12H18N4O2S2. The average molecular weight is 314 g/mol. The smallest absolute Gasteiger partial charge is 0.265 e. The van der Waals surface area contributed by atoms with Gasteiger partial charge in [0.1, 0.15) is 4.90 Å². The van der Waals surface area contributed by atoms with Gasteiger partial charge < -0.3 is 10.3 Å². The minimum atomic E-state index is -3.62. The molecule has 0 amide bonds. The quantitative estimate of drug-likeness (QED) is 0.881. The van der Waals surface area contributed by atoms with Gasteiger partial charge in [0.25, 0.3) is 10.0 Å². The summed E-state index contributed by atoms with van der Waals surface area (Å²) in [5.74, 6) is 0. The van der Waals surface area contributed by atoms with Gasteiger partial charge in [0, 0.05) is 29.9 Å². The maximum absolute atomic E-state index is 12.3. The molecule has 8 heteroatoms. The van der Waals surface area contributed by atoms with E-state index in [1.54, 1.807) is 12.3 Å². The van der Waals surface area contributed by atoms with Gasteiger partial charge in [-0.1, -0.05) is 0 Å². The van der Waals surface area contributed by atoms with Gasteiger partial charge in [-0.2, -0.15) is 0 Å². The number of nitrogens with zero attached hydrogens (tertiary/aromatic N) is 2. The van der Waals surface area contributed by atoms with Crippen LogP contribution in [0.4, 0.5) is 5.13 Å². The van der Waals surface area contributed by atoms with Gasteiger partial charge >= 0.3 is 0 Å². The summed E-state index contributed by atoms with van der Waals surface area (Å²) in [6, 6.07) is 1.60. The molecule has 2 heterocycles. The summed E-state index contributed by atoms with van der Waals surface area (Å²) in [5, 5.41) is 0.388. The third kappa shape index (κ3) is 2.87. The molecule has 0 unspecified atom stereocenters. The van der Waals surface area contributed by atoms with E-state index < -0.39 is 10.0 Å². The van der Waals surface area contributed by atoms with Crippen molar-refractivity contribution in [2.24, 2.45) is 5.73 Å². The Labute approximate surface area is 122 Å². The number of thiazole rings is 1. The van der Waals surface area contributed by atoms with Gasteiger partial charge in [-0.3, -0.25) is 4.72 Å². The first kappa shape index (κ1) is 15.0. The van der Waals surface area contributed by atoms with Crippen molar-refractivity contribution in [2.75, 3.05) is 4.72 Å². The van der Waals surface area contributed by atoms with Crippen molar-refractivity contribution in [3.8, 4) is 0 Å². The second kappa shape index (κ2) is 5.55. The Hall–Kier alpha value is -1.38. The Kier molecular flexibility index (Phi) is 4.17. The Morgan fingerprint density at radius 2 is 2.15 bits per heavy atom. The van der Waals surface area contributed by atoms with E-state index in [-0.39, 0.29) is 4.90 Å². The minimum absolute atomic E-state index is 0.213. The normalized spacial score (nSPS) is 11.8. The number of sulfonamides is 1. The number of nitrogens with one attached hydrogen (secondary N) is 1. The van der Waals surface area contributed by atoms with E-state index in [4.69, 9.17) is 5.73 Å². The van der Waals surface area contributed by atoms with Crippen molar-refractivity contribution in [1.82, 2.24) is 9.55 Å². The first-order chi connectivity index (χ1) is 9.37. The minimum Gasteiger partial charge on any atom is -0.349 e. The van der Waals surface area contributed by atoms with Gasteiger partial charge in [0.05, 0.1) is 5.69 Å². The maximum Gasteiger partial charge on any atom is 0.265 e. The predicted molar refractivity (Wildman–Crippen MR) is 80.4 cm³/mol. The molecule has 110 valence electrons. The lowest BCUT2D eigenvalue weighted by Crippen LogP contribution is -2.12. The first-order valence-corrected chi connectivity index (χ1v) is 8.53. The van der Waals surface area contributed by atoms with Gasteiger partial charge in [0.2, 0.25) is 0 Å². The second-order valence-corrected chi connectivity index (χ2v) is 7.31. The SMILES string of the molecule is CCn1cc(S(=O)(=O)Nc2nc(C)c(C)s2)cc1CN. The van der Waals surface area contributed by atoms with Crippen LogP contribution in [0.3, 0.4) is 0 Å². The largest absolute Gasteiger partial charge is 0.349 e. The van der Waals surface area contributed by atoms with Crippen LogP contribution in [0.25, 0.3) is 0 Å². The Morgan fingerprint density at radius 3 is 2.60 bits per heavy atom. The molecule has 3 N–H and O–H groups in total. The van der Waals surface area contributed by atoms with Crippen molar-refractivity contribution >= 4 is 26.5 Å². The van der Waals surface area contributed by atoms with Crippen LogP contribution >= 0.6 is 11.3 Å². The molecule has 0 aliphatic rings. The zero-order valence-corrected chi connectivity index (χ0v) is 13.3. The molecule has 0 spiro atoms. The molecular weight excluding hydrogens is 296 g/mol. The van der Waals surface area contributed by atoms with E-state index in [9.17, 15) is 8.42 Å². The van der Waals surface area contributed by atoms with Crippen LogP contribution in [0, 0.1) is 13.8 Å². The Bertz CT molecular complexity index is 675. The first-order valence-electron chi connectivity index (χ1n) is 6.23. The molecule has 0 saturated heterocycles. The summed E-state index contributed by atoms with van der Waals surface area (Å²) in [7, 11) is -3.62. The molecule has 0 fully saturated rings. The highest BCUT2D eigenvalue weighted by Gasteiger charge is 2.19. The summed E-state index contributed by atoms with van der Waals surface area (Å²) in [5.41, 5.74) is 7.24. The van der Waals surface area contributed by atoms with Crippen molar-refractivity contribution in [3.63, 3.8) is 0 Å². The van der Waals surface area contributed by atoms with Crippen molar-refractivity contribution < 1.29 is 8.42 Å². The van der Waals surface area contributed by atoms with Crippen LogP contribution in [0.1, 0.15) is 23.2 Å². The zero-order chi connectivity index (χ0) is 14.9. The molecule has 6 nitrogen and oxygen atoms in total. The van der Waals surface area contributed by atoms with Crippen LogP contribution in [0.2, 0.25) is 0 Å². The molecule has 0 bridgehead atoms. The third-order valence-corrected chi connectivity index (χ3v) is 5.49. The topological polar surface area (TPSA) is 90.0 Å². The molecule has 2 aromatic heterocycles. The van der Waals surface area contributed by atoms with E-state index in [0.717, 1.165) is 16.3 Å². The van der Waals surface area contributed by atoms with Gasteiger partial charge in [-0.05, 0) is 26.8 Å². The fraction of sp³-hybridized carbons (Fsp3) is 0.417. The van der Waals surface area contributed by atoms with E-state index in [1.807, 2.05) is 25.3 Å². The van der Waals surface area contributed by atoms with Crippen LogP contribution < -0.4 is 10.5 Å². The van der Waals surface area contributed by atoms with Crippen LogP contribution in [0.5, 0.6) is 0 Å². The van der Waals surface area contributed by atoms with Crippen molar-refractivity contribution in [2.45, 2.75) is 38.8 Å². The lowest BCUT2D eigenvalue weighted by atomic mass is 10.4. The summed E-state index contributed by atoms with van der Waals surface area (Å²) < 4.78 is 29.0. The van der Waals surface area contributed by atoms with Crippen LogP contribution in [-0.2, 0) is 23.1 Å². The summed E-state index contributed by atoms with van der Waals surface area (Å²) >= 11 is 1.33. The van der Waals surface area contributed by atoms with Crippen molar-refractivity contribution in [1.29, 1.82) is 0 Å². The van der Waals surface area contributed by atoms with Crippen molar-refractivity contribution in [3.05, 3.63) is 28.5 Å². The standard InChI is InChI=1S/C12H18N4O2S2/c1-4-16-7-11(5-10(16)6-13)20(17,18)15-12-14-8(2)9(3)19-12/h5,7H,4,6,13H2,1-3H3,(H,14,15). The second-order valence-electron chi connectivity index (χ2n) is 4.42. The van der Waals surface area contributed by atoms with Crippen LogP contribution in [0.15, 0.2) is 17.2 Å². The Morgan fingerprint density at radius 1 is 1.45 bits per heavy atom. The lowest BCUT2D eigenvalue weighted by Gasteiger charge is -2.02. The molecule has 0 aliphatic carbocycles. The molecule has 20 heavy (non-hydrogen) atoms. The highest BCUT2D eigenvalue weighted by Crippen LogP contribution is 2.24. The highest BCUT2D eigenvalue weighted by atomic mass is 32.2. The van der Waals surface area contributed by atoms with Gasteiger partial charge in [0.15, 0.2) is 5.13 Å². The highest BCUT2D eigenvalue weighted by molar-refractivity contribution is 7.93. The molecule has 0 aromatic carbocycles. The fourth-order valence-corrected chi connectivity index (χ4v) is 3.94. The number of hydrogen-bond acceptors (Lipinski definition) is 5. The molecule has 0 aliphatic heterocycles. The zero-order valence-electron chi connectivity index (χ0n) is 11.7. The third-order valence-electron chi connectivity index (χ3n) is 3.07. The maximum atomic E-state index is 12.3. The molecule has 0 saturated carbocycles. The molecule has 0 radical (unpaired) electrons. The lowest BCUT2D eigenvalue weighted by molar-refractivity contribution is 0.600. The van der Waals surface area contributed by atoms with Gasteiger partial charge in [-0.25, -0.2) is 13.4 Å². The number of nitrogens with two attached hydrogens (primary N) is 1. The van der Waals surface area contributed by atoms with E-state index >= 15 is 0 Å². The van der Waals surface area contributed by atoms with E-state index in [2.05, 4.69) is 9.71 Å². The number of anilines is 1. The van der Waals surface area contributed by atoms with Gasteiger partial charge in [-0.15, -0.1) is 11.3 Å². The predicted octanol–water partition coefficient (Wildman–Crippen LogP) is 1.84. The summed E-state index contributed by atoms with van der Waals surface area (Å²) in [6.45, 7) is 6.68. The Balaban J connectivity index is 2.32. The van der Waals surface area contributed by atoms with E-state index in [0.29, 0.717) is 18.2 Å². The summed E-state index contributed by atoms with van der Waals surface area (Å²) in [4.78, 5) is 5.40. The number of rotatable bonds is 5. The molecule has 2 rings (SSSR count). The number of hydrogen-bond donors (Lipinski definition) is 2.